The highest BCUT2D eigenvalue weighted by atomic mass is 79.9. The standard InChI is InChI=1S/C10H7Br2N/c11-13(12)10-7-3-5-8-4-1-2-6-9(8)10/h1-7H. The summed E-state index contributed by atoms with van der Waals surface area (Å²) in [6, 6.07) is 14.5. The molecule has 0 amide bonds. The highest BCUT2D eigenvalue weighted by Crippen LogP contribution is 2.30. The second-order valence-corrected chi connectivity index (χ2v) is 5.10. The lowest BCUT2D eigenvalue weighted by Gasteiger charge is -2.09. The van der Waals surface area contributed by atoms with Crippen molar-refractivity contribution < 1.29 is 0 Å². The van der Waals surface area contributed by atoms with E-state index in [1.54, 1.807) is 2.95 Å². The fraction of sp³-hybridized carbons (Fsp3) is 0. The number of nitrogens with zero attached hydrogens (tertiary/aromatic N) is 1. The van der Waals surface area contributed by atoms with Gasteiger partial charge < -0.3 is 0 Å². The Balaban J connectivity index is 2.76. The summed E-state index contributed by atoms with van der Waals surface area (Å²) in [7, 11) is 0. The van der Waals surface area contributed by atoms with E-state index in [0.717, 1.165) is 5.69 Å². The maximum Gasteiger partial charge on any atom is 0.0673 e. The third-order valence-electron chi connectivity index (χ3n) is 1.95. The molecule has 0 saturated carbocycles. The molecule has 0 radical (unpaired) electrons. The van der Waals surface area contributed by atoms with Gasteiger partial charge in [-0.05, 0) is 11.5 Å². The predicted octanol–water partition coefficient (Wildman–Crippen LogP) is 4.27. The van der Waals surface area contributed by atoms with Gasteiger partial charge in [0, 0.05) is 5.39 Å². The first-order valence-electron chi connectivity index (χ1n) is 3.88. The van der Waals surface area contributed by atoms with Crippen molar-refractivity contribution in [2.45, 2.75) is 0 Å². The summed E-state index contributed by atoms with van der Waals surface area (Å²) >= 11 is 6.71. The molecule has 1 nitrogen and oxygen atoms in total. The van der Waals surface area contributed by atoms with Crippen LogP contribution in [-0.2, 0) is 0 Å². The van der Waals surface area contributed by atoms with E-state index in [2.05, 4.69) is 50.5 Å². The number of benzene rings is 2. The molecule has 0 atom stereocenters. The van der Waals surface area contributed by atoms with E-state index < -0.39 is 0 Å². The number of rotatable bonds is 1. The van der Waals surface area contributed by atoms with Gasteiger partial charge in [0.15, 0.2) is 0 Å². The summed E-state index contributed by atoms with van der Waals surface area (Å²) in [5.74, 6) is 0. The van der Waals surface area contributed by atoms with Crippen LogP contribution in [0, 0.1) is 0 Å². The van der Waals surface area contributed by atoms with Gasteiger partial charge in [-0.25, -0.2) is 2.95 Å². The van der Waals surface area contributed by atoms with Crippen LogP contribution < -0.4 is 2.95 Å². The zero-order chi connectivity index (χ0) is 9.26. The third-order valence-corrected chi connectivity index (χ3v) is 2.71. The quantitative estimate of drug-likeness (QED) is 0.711. The molecule has 0 fully saturated rings. The van der Waals surface area contributed by atoms with Crippen LogP contribution in [-0.4, -0.2) is 0 Å². The van der Waals surface area contributed by atoms with Gasteiger partial charge in [-0.15, -0.1) is 0 Å². The van der Waals surface area contributed by atoms with Crippen LogP contribution in [0.2, 0.25) is 0 Å². The van der Waals surface area contributed by atoms with Crippen LogP contribution in [0.15, 0.2) is 42.5 Å². The fourth-order valence-corrected chi connectivity index (χ4v) is 1.97. The van der Waals surface area contributed by atoms with E-state index in [-0.39, 0.29) is 0 Å². The molecule has 0 spiro atoms. The number of hydrogen-bond donors (Lipinski definition) is 0. The second kappa shape index (κ2) is 3.68. The topological polar surface area (TPSA) is 3.24 Å². The first kappa shape index (κ1) is 9.03. The molecular formula is C10H7Br2N. The Labute approximate surface area is 94.0 Å². The maximum absolute atomic E-state index is 3.35. The minimum absolute atomic E-state index is 1.11. The van der Waals surface area contributed by atoms with Crippen molar-refractivity contribution in [1.82, 2.24) is 0 Å². The number of hydrogen-bond acceptors (Lipinski definition) is 1. The molecule has 0 saturated heterocycles. The average Bonchev–Trinajstić information content (AvgIpc) is 2.17. The van der Waals surface area contributed by atoms with Crippen molar-refractivity contribution in [2.24, 2.45) is 0 Å². The summed E-state index contributed by atoms with van der Waals surface area (Å²) in [5, 5.41) is 2.46. The van der Waals surface area contributed by atoms with Crippen LogP contribution in [0.4, 0.5) is 5.69 Å². The monoisotopic (exact) mass is 299 g/mol. The molecule has 0 N–H and O–H groups in total. The summed E-state index contributed by atoms with van der Waals surface area (Å²) in [4.78, 5) is 0. The molecule has 0 aliphatic rings. The van der Waals surface area contributed by atoms with E-state index in [9.17, 15) is 0 Å². The van der Waals surface area contributed by atoms with Crippen LogP contribution in [0.1, 0.15) is 0 Å². The van der Waals surface area contributed by atoms with Gasteiger partial charge in [-0.1, -0.05) is 36.4 Å². The van der Waals surface area contributed by atoms with Crippen molar-refractivity contribution in [2.75, 3.05) is 2.95 Å². The molecule has 0 bridgehead atoms. The van der Waals surface area contributed by atoms with Gasteiger partial charge in [0.25, 0.3) is 0 Å². The molecule has 0 aromatic heterocycles. The first-order valence-corrected chi connectivity index (χ1v) is 5.30. The lowest BCUT2D eigenvalue weighted by atomic mass is 10.1. The molecule has 0 aliphatic carbocycles. The molecular weight excluding hydrogens is 294 g/mol. The molecule has 66 valence electrons. The maximum atomic E-state index is 3.35. The molecule has 0 heterocycles. The number of fused-ring (bicyclic) bond motifs is 1. The lowest BCUT2D eigenvalue weighted by molar-refractivity contribution is 1.68. The normalized spacial score (nSPS) is 10.3. The largest absolute Gasteiger partial charge is 0.242 e. The first-order chi connectivity index (χ1) is 6.29. The van der Waals surface area contributed by atoms with Gasteiger partial charge in [0.05, 0.1) is 38.0 Å². The molecule has 3 heteroatoms. The van der Waals surface area contributed by atoms with Crippen LogP contribution >= 0.6 is 32.3 Å². The van der Waals surface area contributed by atoms with Gasteiger partial charge in [0.2, 0.25) is 0 Å². The zero-order valence-corrected chi connectivity index (χ0v) is 9.92. The Bertz CT molecular complexity index is 421. The van der Waals surface area contributed by atoms with Gasteiger partial charge in [-0.3, -0.25) is 0 Å². The number of anilines is 1. The predicted molar refractivity (Wildman–Crippen MR) is 64.3 cm³/mol. The van der Waals surface area contributed by atoms with Crippen LogP contribution in [0.3, 0.4) is 0 Å². The smallest absolute Gasteiger partial charge is 0.0673 e. The highest BCUT2D eigenvalue weighted by molar-refractivity contribution is 9.25. The summed E-state index contributed by atoms with van der Waals surface area (Å²) in [6.07, 6.45) is 0. The lowest BCUT2D eigenvalue weighted by Crippen LogP contribution is -1.90. The second-order valence-electron chi connectivity index (χ2n) is 2.73. The summed E-state index contributed by atoms with van der Waals surface area (Å²) < 4.78 is 1.77. The highest BCUT2D eigenvalue weighted by Gasteiger charge is 2.02. The van der Waals surface area contributed by atoms with Gasteiger partial charge in [0.1, 0.15) is 0 Å². The van der Waals surface area contributed by atoms with E-state index in [0.29, 0.717) is 0 Å². The minimum Gasteiger partial charge on any atom is -0.242 e. The Morgan fingerprint density at radius 3 is 2.31 bits per heavy atom. The van der Waals surface area contributed by atoms with Crippen molar-refractivity contribution in [1.29, 1.82) is 0 Å². The number of halogens is 2. The Kier molecular flexibility index (Phi) is 2.56. The Morgan fingerprint density at radius 1 is 0.846 bits per heavy atom. The minimum atomic E-state index is 1.11. The SMILES string of the molecule is BrN(Br)c1cccc2ccccc12. The molecule has 2 aromatic rings. The average molecular weight is 301 g/mol. The Morgan fingerprint density at radius 2 is 1.54 bits per heavy atom. The van der Waals surface area contributed by atoms with E-state index in [1.165, 1.54) is 10.8 Å². The molecule has 2 aromatic carbocycles. The van der Waals surface area contributed by atoms with Crippen molar-refractivity contribution in [3.8, 4) is 0 Å². The van der Waals surface area contributed by atoms with Crippen LogP contribution in [0.5, 0.6) is 0 Å². The van der Waals surface area contributed by atoms with Crippen molar-refractivity contribution in [3.05, 3.63) is 42.5 Å². The van der Waals surface area contributed by atoms with E-state index in [1.807, 2.05) is 24.3 Å². The molecule has 0 unspecified atom stereocenters. The molecule has 2 rings (SSSR count). The van der Waals surface area contributed by atoms with Gasteiger partial charge >= 0.3 is 0 Å². The summed E-state index contributed by atoms with van der Waals surface area (Å²) in [5.41, 5.74) is 1.11. The van der Waals surface area contributed by atoms with E-state index in [4.69, 9.17) is 0 Å². The van der Waals surface area contributed by atoms with E-state index >= 15 is 0 Å². The fourth-order valence-electron chi connectivity index (χ4n) is 1.36. The molecule has 0 aliphatic heterocycles. The molecule has 13 heavy (non-hydrogen) atoms. The Hall–Kier alpha value is -0.540. The van der Waals surface area contributed by atoms with Crippen molar-refractivity contribution >= 4 is 48.8 Å². The van der Waals surface area contributed by atoms with Crippen molar-refractivity contribution in [3.63, 3.8) is 0 Å². The third kappa shape index (κ3) is 1.71. The van der Waals surface area contributed by atoms with Gasteiger partial charge in [-0.2, -0.15) is 0 Å². The zero-order valence-electron chi connectivity index (χ0n) is 6.74. The van der Waals surface area contributed by atoms with Crippen LogP contribution in [0.25, 0.3) is 10.8 Å². The summed E-state index contributed by atoms with van der Waals surface area (Å²) in [6.45, 7) is 0.